The van der Waals surface area contributed by atoms with Gasteiger partial charge in [-0.15, -0.1) is 22.7 Å². The maximum atomic E-state index is 3.30. The highest BCUT2D eigenvalue weighted by Gasteiger charge is 2.05. The van der Waals surface area contributed by atoms with Gasteiger partial charge < -0.3 is 0 Å². The highest BCUT2D eigenvalue weighted by molar-refractivity contribution is 7.20. The molecule has 1 aromatic carbocycles. The molecular weight excluding hydrogens is 268 g/mol. The van der Waals surface area contributed by atoms with Gasteiger partial charge in [0.1, 0.15) is 0 Å². The summed E-state index contributed by atoms with van der Waals surface area (Å²) in [6.45, 7) is 0. The molecule has 1 aliphatic carbocycles. The van der Waals surface area contributed by atoms with Crippen molar-refractivity contribution < 1.29 is 0 Å². The molecule has 19 heavy (non-hydrogen) atoms. The second-order valence-electron chi connectivity index (χ2n) is 4.49. The predicted molar refractivity (Wildman–Crippen MR) is 85.9 cm³/mol. The Morgan fingerprint density at radius 1 is 1.00 bits per heavy atom. The first-order valence-corrected chi connectivity index (χ1v) is 7.87. The summed E-state index contributed by atoms with van der Waals surface area (Å²) < 4.78 is 2.68. The third-order valence-electron chi connectivity index (χ3n) is 3.25. The van der Waals surface area contributed by atoms with Crippen LogP contribution in [0.2, 0.25) is 0 Å². The summed E-state index contributed by atoms with van der Waals surface area (Å²) in [5.41, 5.74) is 1.21. The molecule has 0 amide bonds. The highest BCUT2D eigenvalue weighted by Crippen LogP contribution is 2.34. The quantitative estimate of drug-likeness (QED) is 0.486. The van der Waals surface area contributed by atoms with Crippen LogP contribution in [0, 0.1) is 11.8 Å². The van der Waals surface area contributed by atoms with Crippen molar-refractivity contribution >= 4 is 42.8 Å². The average molecular weight is 278 g/mol. The summed E-state index contributed by atoms with van der Waals surface area (Å²) >= 11 is 3.58. The zero-order valence-corrected chi connectivity index (χ0v) is 11.8. The molecule has 0 saturated carbocycles. The van der Waals surface area contributed by atoms with Crippen molar-refractivity contribution in [1.82, 2.24) is 0 Å². The maximum Gasteiger partial charge on any atom is 0.0784 e. The molecule has 0 nitrogen and oxygen atoms in total. The van der Waals surface area contributed by atoms with Crippen LogP contribution in [0.5, 0.6) is 0 Å². The molecule has 90 valence electrons. The van der Waals surface area contributed by atoms with Gasteiger partial charge in [0, 0.05) is 25.7 Å². The monoisotopic (exact) mass is 278 g/mol. The first-order chi connectivity index (χ1) is 9.40. The molecule has 0 fully saturated rings. The first-order valence-electron chi connectivity index (χ1n) is 6.18. The van der Waals surface area contributed by atoms with Crippen LogP contribution in [0.1, 0.15) is 11.3 Å². The summed E-state index contributed by atoms with van der Waals surface area (Å²) in [5.74, 6) is 6.56. The van der Waals surface area contributed by atoms with Crippen molar-refractivity contribution in [1.29, 1.82) is 0 Å². The predicted octanol–water partition coefficient (Wildman–Crippen LogP) is 5.35. The highest BCUT2D eigenvalue weighted by atomic mass is 32.1. The normalized spacial score (nSPS) is 13.8. The van der Waals surface area contributed by atoms with Gasteiger partial charge in [-0.25, -0.2) is 0 Å². The van der Waals surface area contributed by atoms with Crippen molar-refractivity contribution in [3.8, 4) is 11.8 Å². The number of fused-ring (bicyclic) bond motifs is 3. The maximum absolute atomic E-state index is 3.30. The van der Waals surface area contributed by atoms with Crippen LogP contribution in [-0.4, -0.2) is 0 Å². The lowest BCUT2D eigenvalue weighted by Crippen LogP contribution is -1.69. The first kappa shape index (κ1) is 11.0. The molecule has 0 bridgehead atoms. The molecule has 1 aliphatic rings. The molecule has 2 heterocycles. The lowest BCUT2D eigenvalue weighted by atomic mass is 10.2. The molecule has 0 N–H and O–H groups in total. The zero-order chi connectivity index (χ0) is 12.7. The van der Waals surface area contributed by atoms with E-state index in [-0.39, 0.29) is 0 Å². The van der Waals surface area contributed by atoms with Crippen molar-refractivity contribution in [3.05, 3.63) is 58.3 Å². The van der Waals surface area contributed by atoms with Gasteiger partial charge in [-0.2, -0.15) is 0 Å². The summed E-state index contributed by atoms with van der Waals surface area (Å²) in [6.07, 6.45) is 7.29. The van der Waals surface area contributed by atoms with Crippen LogP contribution in [0.25, 0.3) is 20.2 Å². The molecule has 3 aromatic rings. The van der Waals surface area contributed by atoms with Crippen LogP contribution < -0.4 is 0 Å². The Morgan fingerprint density at radius 3 is 2.84 bits per heavy atom. The summed E-state index contributed by atoms with van der Waals surface area (Å²) in [6, 6.07) is 8.85. The summed E-state index contributed by atoms with van der Waals surface area (Å²) in [4.78, 5) is 1.15. The second kappa shape index (κ2) is 4.38. The zero-order valence-electron chi connectivity index (χ0n) is 10.1. The van der Waals surface area contributed by atoms with Crippen LogP contribution in [0.3, 0.4) is 0 Å². The molecule has 0 atom stereocenters. The van der Waals surface area contributed by atoms with E-state index in [0.29, 0.717) is 0 Å². The van der Waals surface area contributed by atoms with E-state index < -0.39 is 0 Å². The lowest BCUT2D eigenvalue weighted by molar-refractivity contribution is 1.36. The van der Waals surface area contributed by atoms with Gasteiger partial charge in [0.15, 0.2) is 0 Å². The van der Waals surface area contributed by atoms with E-state index in [9.17, 15) is 0 Å². The Kier molecular flexibility index (Phi) is 2.55. The number of allylic oxidation sites excluding steroid dienone is 4. The number of benzene rings is 1. The minimum absolute atomic E-state index is 0.979. The SMILES string of the molecule is C(#Cc1cc2c(ccc3sccc32)s1)C1=CC=CC1. The molecule has 0 saturated heterocycles. The Balaban J connectivity index is 1.83. The van der Waals surface area contributed by atoms with E-state index in [1.807, 2.05) is 0 Å². The third kappa shape index (κ3) is 1.92. The summed E-state index contributed by atoms with van der Waals surface area (Å²) in [7, 11) is 0. The van der Waals surface area contributed by atoms with Crippen LogP contribution in [0.4, 0.5) is 0 Å². The molecule has 0 aliphatic heterocycles. The molecule has 0 radical (unpaired) electrons. The Bertz CT molecular complexity index is 892. The number of rotatable bonds is 0. The number of thiophene rings is 2. The average Bonchev–Trinajstić information content (AvgIpc) is 3.15. The standard InChI is InChI=1S/C17H10S2/c1-2-4-12(3-1)5-6-13-11-15-14-9-10-18-16(14)7-8-17(15)19-13/h1-3,7-11H,4H2. The van der Waals surface area contributed by atoms with Gasteiger partial charge in [-0.05, 0) is 36.1 Å². The largest absolute Gasteiger partial charge is 0.144 e. The van der Waals surface area contributed by atoms with Crippen LogP contribution >= 0.6 is 22.7 Å². The smallest absolute Gasteiger partial charge is 0.0784 e. The van der Waals surface area contributed by atoms with E-state index >= 15 is 0 Å². The molecule has 2 aromatic heterocycles. The van der Waals surface area contributed by atoms with Crippen LogP contribution in [0.15, 0.2) is 53.4 Å². The van der Waals surface area contributed by atoms with E-state index in [1.54, 1.807) is 22.7 Å². The fourth-order valence-electron chi connectivity index (χ4n) is 2.31. The third-order valence-corrected chi connectivity index (χ3v) is 5.15. The topological polar surface area (TPSA) is 0 Å². The van der Waals surface area contributed by atoms with Gasteiger partial charge in [0.05, 0.1) is 4.88 Å². The van der Waals surface area contributed by atoms with Gasteiger partial charge in [-0.3, -0.25) is 0 Å². The van der Waals surface area contributed by atoms with Gasteiger partial charge in [0.2, 0.25) is 0 Å². The van der Waals surface area contributed by atoms with Crippen molar-refractivity contribution in [3.63, 3.8) is 0 Å². The van der Waals surface area contributed by atoms with Crippen LogP contribution in [-0.2, 0) is 0 Å². The minimum atomic E-state index is 0.979. The molecule has 0 spiro atoms. The fourth-order valence-corrected chi connectivity index (χ4v) is 4.04. The molecule has 0 unspecified atom stereocenters. The number of hydrogen-bond acceptors (Lipinski definition) is 2. The van der Waals surface area contributed by atoms with Gasteiger partial charge in [-0.1, -0.05) is 30.1 Å². The van der Waals surface area contributed by atoms with Crippen molar-refractivity contribution in [2.75, 3.05) is 0 Å². The minimum Gasteiger partial charge on any atom is -0.144 e. The molecule has 4 rings (SSSR count). The van der Waals surface area contributed by atoms with Gasteiger partial charge in [0.25, 0.3) is 0 Å². The van der Waals surface area contributed by atoms with E-state index in [2.05, 4.69) is 59.7 Å². The van der Waals surface area contributed by atoms with Crippen molar-refractivity contribution in [2.24, 2.45) is 0 Å². The second-order valence-corrected chi connectivity index (χ2v) is 6.53. The fraction of sp³-hybridized carbons (Fsp3) is 0.0588. The molecular formula is C17H10S2. The number of hydrogen-bond donors (Lipinski definition) is 0. The van der Waals surface area contributed by atoms with E-state index in [0.717, 1.165) is 11.3 Å². The Morgan fingerprint density at radius 2 is 1.95 bits per heavy atom. The summed E-state index contributed by atoms with van der Waals surface area (Å²) in [5, 5.41) is 4.85. The Hall–Kier alpha value is -1.82. The van der Waals surface area contributed by atoms with Gasteiger partial charge >= 0.3 is 0 Å². The molecule has 2 heteroatoms. The van der Waals surface area contributed by atoms with E-state index in [4.69, 9.17) is 0 Å². The van der Waals surface area contributed by atoms with Crippen molar-refractivity contribution in [2.45, 2.75) is 6.42 Å². The lowest BCUT2D eigenvalue weighted by Gasteiger charge is -1.90. The van der Waals surface area contributed by atoms with E-state index in [1.165, 1.54) is 25.7 Å². The Labute approximate surface area is 119 Å².